The highest BCUT2D eigenvalue weighted by Gasteiger charge is 2.39. The minimum absolute atomic E-state index is 0.128. The van der Waals surface area contributed by atoms with E-state index in [-0.39, 0.29) is 31.4 Å². The normalized spacial score (nSPS) is 17.2. The third kappa shape index (κ3) is 5.29. The molecule has 1 saturated heterocycles. The maximum Gasteiger partial charge on any atom is 0.407 e. The second kappa shape index (κ2) is 10.2. The number of rotatable bonds is 7. The summed E-state index contributed by atoms with van der Waals surface area (Å²) in [6, 6.07) is 8.60. The number of piperidine rings is 1. The number of hydrogen-bond acceptors (Lipinski definition) is 6. The predicted molar refractivity (Wildman–Crippen MR) is 127 cm³/mol. The molecule has 2 aliphatic heterocycles. The fraction of sp³-hybridized carbons (Fsp3) is 0.385. The number of ether oxygens (including phenoxy) is 2. The Morgan fingerprint density at radius 1 is 1.11 bits per heavy atom. The van der Waals surface area contributed by atoms with Gasteiger partial charge in [0, 0.05) is 25.1 Å². The Labute approximate surface area is 203 Å². The molecule has 1 atom stereocenters. The first kappa shape index (κ1) is 24.3. The van der Waals surface area contributed by atoms with Gasteiger partial charge in [-0.25, -0.2) is 4.79 Å². The van der Waals surface area contributed by atoms with Crippen molar-refractivity contribution >= 4 is 23.8 Å². The quantitative estimate of drug-likeness (QED) is 0.591. The zero-order valence-corrected chi connectivity index (χ0v) is 20.1. The van der Waals surface area contributed by atoms with E-state index in [2.05, 4.69) is 10.6 Å². The summed E-state index contributed by atoms with van der Waals surface area (Å²) in [5, 5.41) is 5.01. The van der Waals surface area contributed by atoms with Crippen LogP contribution in [-0.2, 0) is 34.0 Å². The minimum atomic E-state index is -0.654. The van der Waals surface area contributed by atoms with Crippen LogP contribution in [0, 0.1) is 13.8 Å². The molecule has 2 aliphatic rings. The highest BCUT2D eigenvalue weighted by atomic mass is 16.5. The van der Waals surface area contributed by atoms with Gasteiger partial charge < -0.3 is 19.7 Å². The van der Waals surface area contributed by atoms with Crippen molar-refractivity contribution in [2.75, 3.05) is 6.61 Å². The maximum absolute atomic E-state index is 12.9. The highest BCUT2D eigenvalue weighted by Crippen LogP contribution is 2.28. The van der Waals surface area contributed by atoms with Crippen LogP contribution in [0.1, 0.15) is 57.9 Å². The Morgan fingerprint density at radius 2 is 1.86 bits per heavy atom. The number of nitrogens with one attached hydrogen (secondary N) is 2. The first-order valence-electron chi connectivity index (χ1n) is 11.7. The smallest absolute Gasteiger partial charge is 0.407 e. The number of benzene rings is 2. The molecule has 0 bridgehead atoms. The van der Waals surface area contributed by atoms with E-state index in [1.54, 1.807) is 6.07 Å². The predicted octanol–water partition coefficient (Wildman–Crippen LogP) is 2.89. The maximum atomic E-state index is 12.9. The summed E-state index contributed by atoms with van der Waals surface area (Å²) in [5.74, 6) is -0.156. The van der Waals surface area contributed by atoms with Gasteiger partial charge >= 0.3 is 6.09 Å². The van der Waals surface area contributed by atoms with E-state index in [0.29, 0.717) is 25.1 Å². The second-order valence-electron chi connectivity index (χ2n) is 8.81. The lowest BCUT2D eigenvalue weighted by Gasteiger charge is -2.29. The second-order valence-corrected chi connectivity index (χ2v) is 8.81. The van der Waals surface area contributed by atoms with Crippen LogP contribution in [0.15, 0.2) is 30.3 Å². The third-order valence-corrected chi connectivity index (χ3v) is 6.21. The van der Waals surface area contributed by atoms with Gasteiger partial charge in [-0.05, 0) is 73.2 Å². The van der Waals surface area contributed by atoms with Crippen LogP contribution in [0.5, 0.6) is 5.75 Å². The molecule has 0 radical (unpaired) electrons. The van der Waals surface area contributed by atoms with E-state index in [9.17, 15) is 19.2 Å². The van der Waals surface area contributed by atoms with Crippen LogP contribution >= 0.6 is 0 Å². The van der Waals surface area contributed by atoms with Gasteiger partial charge in [-0.1, -0.05) is 12.1 Å². The van der Waals surface area contributed by atoms with E-state index in [0.717, 1.165) is 33.6 Å². The number of fused-ring (bicyclic) bond motifs is 1. The Hall–Kier alpha value is -3.88. The summed E-state index contributed by atoms with van der Waals surface area (Å²) in [6.45, 7) is 7.07. The summed E-state index contributed by atoms with van der Waals surface area (Å²) in [4.78, 5) is 50.3. The van der Waals surface area contributed by atoms with Crippen molar-refractivity contribution in [3.63, 3.8) is 0 Å². The van der Waals surface area contributed by atoms with Crippen LogP contribution in [0.2, 0.25) is 0 Å². The van der Waals surface area contributed by atoms with Gasteiger partial charge in [0.15, 0.2) is 0 Å². The average molecular weight is 480 g/mol. The molecular weight excluding hydrogens is 450 g/mol. The summed E-state index contributed by atoms with van der Waals surface area (Å²) in [6.07, 6.45) is -0.0343. The molecule has 1 fully saturated rings. The van der Waals surface area contributed by atoms with Gasteiger partial charge in [0.2, 0.25) is 11.8 Å². The Bertz CT molecular complexity index is 1170. The van der Waals surface area contributed by atoms with Crippen LogP contribution < -0.4 is 15.4 Å². The number of hydrogen-bond donors (Lipinski definition) is 2. The Kier molecular flexibility index (Phi) is 7.04. The van der Waals surface area contributed by atoms with Crippen LogP contribution in [0.4, 0.5) is 4.79 Å². The number of alkyl carbamates (subject to hydrolysis) is 1. The number of imide groups is 1. The SMILES string of the molecule is CCOc1c(C)cc(COC(=O)NCc2ccc3c(c2)C(=O)N(C2CCC(=O)NC2=O)C3)cc1C. The fourth-order valence-corrected chi connectivity index (χ4v) is 4.58. The van der Waals surface area contributed by atoms with Crippen molar-refractivity contribution in [3.05, 3.63) is 63.7 Å². The molecule has 9 heteroatoms. The van der Waals surface area contributed by atoms with E-state index in [4.69, 9.17) is 9.47 Å². The molecular formula is C26H29N3O6. The standard InChI is InChI=1S/C26H29N3O6/c1-4-34-23-15(2)9-18(10-16(23)3)14-35-26(33)27-12-17-5-6-19-13-29(25(32)20(19)11-17)21-7-8-22(30)28-24(21)31/h5-6,9-11,21H,4,7-8,12-14H2,1-3H3,(H,27,33)(H,28,30,31). The third-order valence-electron chi connectivity index (χ3n) is 6.21. The first-order chi connectivity index (χ1) is 16.8. The topological polar surface area (TPSA) is 114 Å². The first-order valence-corrected chi connectivity index (χ1v) is 11.7. The number of carbonyl (C=O) groups is 4. The summed E-state index contributed by atoms with van der Waals surface area (Å²) in [5.41, 5.74) is 4.90. The molecule has 0 aliphatic carbocycles. The monoisotopic (exact) mass is 479 g/mol. The van der Waals surface area contributed by atoms with Crippen molar-refractivity contribution in [1.82, 2.24) is 15.5 Å². The molecule has 4 amide bonds. The fourth-order valence-electron chi connectivity index (χ4n) is 4.58. The lowest BCUT2D eigenvalue weighted by Crippen LogP contribution is -2.52. The summed E-state index contributed by atoms with van der Waals surface area (Å²) < 4.78 is 11.0. The lowest BCUT2D eigenvalue weighted by molar-refractivity contribution is -0.136. The minimum Gasteiger partial charge on any atom is -0.493 e. The van der Waals surface area contributed by atoms with Crippen molar-refractivity contribution in [3.8, 4) is 5.75 Å². The molecule has 184 valence electrons. The van der Waals surface area contributed by atoms with Crippen molar-refractivity contribution in [2.24, 2.45) is 0 Å². The Morgan fingerprint density at radius 3 is 2.54 bits per heavy atom. The van der Waals surface area contributed by atoms with Gasteiger partial charge in [0.05, 0.1) is 6.61 Å². The van der Waals surface area contributed by atoms with E-state index >= 15 is 0 Å². The Balaban J connectivity index is 1.32. The number of nitrogens with zero attached hydrogens (tertiary/aromatic N) is 1. The molecule has 2 aromatic rings. The molecule has 2 aromatic carbocycles. The van der Waals surface area contributed by atoms with E-state index in [1.165, 1.54) is 4.90 Å². The molecule has 0 spiro atoms. The molecule has 1 unspecified atom stereocenters. The van der Waals surface area contributed by atoms with Crippen LogP contribution in [0.3, 0.4) is 0 Å². The largest absolute Gasteiger partial charge is 0.493 e. The van der Waals surface area contributed by atoms with Crippen molar-refractivity contribution in [1.29, 1.82) is 0 Å². The highest BCUT2D eigenvalue weighted by molar-refractivity contribution is 6.05. The average Bonchev–Trinajstić information content (AvgIpc) is 3.14. The summed E-state index contributed by atoms with van der Waals surface area (Å²) in [7, 11) is 0. The zero-order chi connectivity index (χ0) is 25.1. The van der Waals surface area contributed by atoms with Crippen molar-refractivity contribution in [2.45, 2.75) is 59.4 Å². The van der Waals surface area contributed by atoms with E-state index in [1.807, 2.05) is 45.0 Å². The number of carbonyl (C=O) groups excluding carboxylic acids is 4. The number of aryl methyl sites for hydroxylation is 2. The van der Waals surface area contributed by atoms with Gasteiger partial charge in [0.25, 0.3) is 5.91 Å². The lowest BCUT2D eigenvalue weighted by atomic mass is 10.0. The molecule has 4 rings (SSSR count). The number of amides is 4. The van der Waals surface area contributed by atoms with E-state index < -0.39 is 18.0 Å². The van der Waals surface area contributed by atoms with Crippen LogP contribution in [0.25, 0.3) is 0 Å². The molecule has 2 heterocycles. The van der Waals surface area contributed by atoms with Gasteiger partial charge in [-0.3, -0.25) is 19.7 Å². The van der Waals surface area contributed by atoms with Gasteiger partial charge in [0.1, 0.15) is 18.4 Å². The molecule has 35 heavy (non-hydrogen) atoms. The molecule has 0 saturated carbocycles. The van der Waals surface area contributed by atoms with Crippen molar-refractivity contribution < 1.29 is 28.7 Å². The van der Waals surface area contributed by atoms with Gasteiger partial charge in [-0.2, -0.15) is 0 Å². The summed E-state index contributed by atoms with van der Waals surface area (Å²) >= 11 is 0. The molecule has 0 aromatic heterocycles. The van der Waals surface area contributed by atoms with Gasteiger partial charge in [-0.15, -0.1) is 0 Å². The molecule has 9 nitrogen and oxygen atoms in total. The molecule has 2 N–H and O–H groups in total. The van der Waals surface area contributed by atoms with Crippen LogP contribution in [-0.4, -0.2) is 41.4 Å². The zero-order valence-electron chi connectivity index (χ0n) is 20.1.